The van der Waals surface area contributed by atoms with Gasteiger partial charge in [0.25, 0.3) is 0 Å². The number of rotatable bonds is 34. The van der Waals surface area contributed by atoms with Crippen molar-refractivity contribution in [3.63, 3.8) is 0 Å². The Morgan fingerprint density at radius 2 is 1.31 bits per heavy atom. The van der Waals surface area contributed by atoms with Crippen molar-refractivity contribution in [1.29, 1.82) is 0 Å². The van der Waals surface area contributed by atoms with Crippen LogP contribution in [0.15, 0.2) is 60.8 Å². The molecule has 0 bridgehead atoms. The van der Waals surface area contributed by atoms with Gasteiger partial charge in [0.2, 0.25) is 47.3 Å². The Balaban J connectivity index is 0.00000354. The number of hydrogen-bond acceptors (Lipinski definition) is 14. The molecule has 0 aliphatic rings. The molecule has 0 aliphatic heterocycles. The Morgan fingerprint density at radius 1 is 0.705 bits per heavy atom. The Labute approximate surface area is 503 Å². The van der Waals surface area contributed by atoms with Crippen molar-refractivity contribution in [1.82, 2.24) is 41.4 Å². The standard InChI is InChI=1S/C55H76F2N10O14.C2HF3O2/c1-31(24-44(70)32(2)61-52(78)39(62-33(3)69)14-10-11-21-58)50(76)65-42(27-45(59)71)53(79)64-40(51(77)60-22-19-46(72)63-41(54(80)81)17-18-48(74)75)20-23-67(47(73)30-68)49(55(4,5)6)43-25-35(37-26-36(56)15-16-38(37)57)29-66(43)28-34-12-8-7-9-13-34;3-2(4,5)1(6)7/h7-9,12-13,15-16,25-26,29,31-32,39-42,49,68H,10-11,14,17-24,27-28,30,58H2,1-6H3,(H2,59,71)(H,60,77)(H,61,78)(H,62,69)(H,63,72)(H,64,79)(H,65,76)(H,74,75)(H,80,81);(H,6,7)/t31-,32+,39+,40+,41+,42+,49+;/m1./s1. The number of aliphatic carboxylic acids is 3. The molecule has 1 heterocycles. The number of aliphatic hydroxyl groups excluding tert-OH is 1. The summed E-state index contributed by atoms with van der Waals surface area (Å²) in [5.41, 5.74) is 11.4. The maximum Gasteiger partial charge on any atom is 0.490 e. The number of alkyl halides is 3. The lowest BCUT2D eigenvalue weighted by molar-refractivity contribution is -0.192. The number of nitrogens with one attached hydrogen (secondary N) is 6. The predicted molar refractivity (Wildman–Crippen MR) is 303 cm³/mol. The van der Waals surface area contributed by atoms with Gasteiger partial charge in [-0.05, 0) is 80.8 Å². The molecule has 26 nitrogen and oxygen atoms in total. The number of unbranched alkanes of at least 4 members (excludes halogenated alkanes) is 1. The summed E-state index contributed by atoms with van der Waals surface area (Å²) in [6, 6.07) is 5.31. The third-order valence-electron chi connectivity index (χ3n) is 13.2. The van der Waals surface area contributed by atoms with E-state index in [-0.39, 0.29) is 24.1 Å². The predicted octanol–water partition coefficient (Wildman–Crippen LogP) is 1.93. The number of benzene rings is 2. The van der Waals surface area contributed by atoms with Crippen LogP contribution in [-0.4, -0.2) is 163 Å². The first kappa shape index (κ1) is 75.2. The fraction of sp³-hybridized carbons (Fsp3) is 0.509. The molecule has 3 rings (SSSR count). The molecule has 7 atom stereocenters. The lowest BCUT2D eigenvalue weighted by Gasteiger charge is -2.41. The first-order valence-corrected chi connectivity index (χ1v) is 27.6. The van der Waals surface area contributed by atoms with Gasteiger partial charge >= 0.3 is 24.1 Å². The number of carboxylic acid groups (broad SMARTS) is 3. The minimum atomic E-state index is -5.08. The van der Waals surface area contributed by atoms with Gasteiger partial charge in [-0.15, -0.1) is 0 Å². The number of carbonyl (C=O) groups excluding carboxylic acids is 9. The number of carboxylic acids is 3. The number of halogens is 5. The average molecular weight is 1250 g/mol. The Morgan fingerprint density at radius 3 is 1.85 bits per heavy atom. The third-order valence-corrected chi connectivity index (χ3v) is 13.2. The zero-order valence-electron chi connectivity index (χ0n) is 49.3. The molecule has 0 radical (unpaired) electrons. The molecule has 1 aromatic heterocycles. The van der Waals surface area contributed by atoms with Crippen LogP contribution in [-0.2, 0) is 64.1 Å². The van der Waals surface area contributed by atoms with E-state index in [0.717, 1.165) is 23.8 Å². The first-order chi connectivity index (χ1) is 41.0. The molecule has 8 amide bonds. The van der Waals surface area contributed by atoms with Gasteiger partial charge in [-0.1, -0.05) is 58.0 Å². The molecule has 0 spiro atoms. The van der Waals surface area contributed by atoms with Crippen molar-refractivity contribution in [2.45, 2.75) is 148 Å². The van der Waals surface area contributed by atoms with Crippen LogP contribution in [0, 0.1) is 23.0 Å². The molecule has 486 valence electrons. The fourth-order valence-electron chi connectivity index (χ4n) is 8.82. The average Bonchev–Trinajstić information content (AvgIpc) is 3.94. The van der Waals surface area contributed by atoms with Crippen LogP contribution in [0.5, 0.6) is 0 Å². The number of ketones is 1. The zero-order valence-corrected chi connectivity index (χ0v) is 49.3. The molecule has 0 aliphatic carbocycles. The van der Waals surface area contributed by atoms with E-state index in [1.807, 2.05) is 12.1 Å². The van der Waals surface area contributed by atoms with Gasteiger partial charge in [0.15, 0.2) is 5.78 Å². The number of nitrogens with two attached hydrogens (primary N) is 2. The smallest absolute Gasteiger partial charge is 0.481 e. The highest BCUT2D eigenvalue weighted by Gasteiger charge is 2.40. The van der Waals surface area contributed by atoms with E-state index >= 15 is 4.39 Å². The number of amides is 8. The highest BCUT2D eigenvalue weighted by molar-refractivity contribution is 5.97. The molecular formula is C57H77F5N10O16. The molecule has 0 saturated carbocycles. The summed E-state index contributed by atoms with van der Waals surface area (Å²) in [7, 11) is 0. The summed E-state index contributed by atoms with van der Waals surface area (Å²) < 4.78 is 63.5. The summed E-state index contributed by atoms with van der Waals surface area (Å²) >= 11 is 0. The van der Waals surface area contributed by atoms with E-state index in [4.69, 9.17) is 26.5 Å². The Bertz CT molecular complexity index is 2940. The van der Waals surface area contributed by atoms with E-state index < -0.39 is 195 Å². The number of hydrogen-bond donors (Lipinski definition) is 12. The van der Waals surface area contributed by atoms with Gasteiger partial charge in [0.05, 0.1) is 18.5 Å². The summed E-state index contributed by atoms with van der Waals surface area (Å²) in [6.45, 7) is 7.75. The van der Waals surface area contributed by atoms with Crippen molar-refractivity contribution in [2.75, 3.05) is 26.2 Å². The molecular weight excluding hydrogens is 1180 g/mol. The van der Waals surface area contributed by atoms with Gasteiger partial charge in [0.1, 0.15) is 42.4 Å². The van der Waals surface area contributed by atoms with Crippen molar-refractivity contribution in [2.24, 2.45) is 22.8 Å². The van der Waals surface area contributed by atoms with Crippen molar-refractivity contribution >= 4 is 70.9 Å². The van der Waals surface area contributed by atoms with Crippen LogP contribution in [0.3, 0.4) is 0 Å². The molecule has 0 unspecified atom stereocenters. The second-order valence-corrected chi connectivity index (χ2v) is 21.6. The first-order valence-electron chi connectivity index (χ1n) is 27.6. The van der Waals surface area contributed by atoms with Gasteiger partial charge in [0, 0.05) is 74.8 Å². The topological polar surface area (TPSA) is 418 Å². The molecule has 31 heteroatoms. The number of primary amides is 1. The second kappa shape index (κ2) is 35.7. The summed E-state index contributed by atoms with van der Waals surface area (Å²) in [5, 5.41) is 50.7. The van der Waals surface area contributed by atoms with Crippen LogP contribution >= 0.6 is 0 Å². The Hall–Kier alpha value is -8.87. The number of nitrogens with zero attached hydrogens (tertiary/aromatic N) is 2. The van der Waals surface area contributed by atoms with Crippen LogP contribution in [0.2, 0.25) is 0 Å². The second-order valence-electron chi connectivity index (χ2n) is 21.6. The molecule has 14 N–H and O–H groups in total. The van der Waals surface area contributed by atoms with Gasteiger partial charge < -0.3 is 73.3 Å². The number of Topliss-reactive ketones (excluding diaryl/α,β-unsaturated/α-hetero) is 1. The van der Waals surface area contributed by atoms with Crippen molar-refractivity contribution in [3.8, 4) is 11.1 Å². The van der Waals surface area contributed by atoms with E-state index in [2.05, 4.69) is 31.9 Å². The monoisotopic (exact) mass is 1250 g/mol. The van der Waals surface area contributed by atoms with Crippen LogP contribution < -0.4 is 43.4 Å². The lowest BCUT2D eigenvalue weighted by Crippen LogP contribution is -2.56. The quantitative estimate of drug-likeness (QED) is 0.0300. The third kappa shape index (κ3) is 26.0. The van der Waals surface area contributed by atoms with Gasteiger partial charge in [-0.2, -0.15) is 13.2 Å². The maximum atomic E-state index is 15.4. The van der Waals surface area contributed by atoms with Crippen LogP contribution in [0.1, 0.15) is 117 Å². The van der Waals surface area contributed by atoms with Crippen LogP contribution in [0.25, 0.3) is 11.1 Å². The highest BCUT2D eigenvalue weighted by Crippen LogP contribution is 2.41. The number of carbonyl (C=O) groups is 12. The molecule has 3 aromatic rings. The van der Waals surface area contributed by atoms with Crippen molar-refractivity contribution in [3.05, 3.63) is 83.7 Å². The van der Waals surface area contributed by atoms with E-state index in [0.29, 0.717) is 25.1 Å². The van der Waals surface area contributed by atoms with Crippen molar-refractivity contribution < 1.29 is 99.9 Å². The zero-order chi connectivity index (χ0) is 66.8. The highest BCUT2D eigenvalue weighted by atomic mass is 19.4. The molecule has 2 aromatic carbocycles. The van der Waals surface area contributed by atoms with Gasteiger partial charge in [-0.3, -0.25) is 47.9 Å². The molecule has 88 heavy (non-hydrogen) atoms. The normalized spacial score (nSPS) is 13.6. The summed E-state index contributed by atoms with van der Waals surface area (Å²) in [4.78, 5) is 153. The van der Waals surface area contributed by atoms with E-state index in [1.54, 1.807) is 55.8 Å². The number of aliphatic hydroxyl groups is 1. The Kier molecular flexibility index (Phi) is 30.5. The van der Waals surface area contributed by atoms with Crippen LogP contribution in [0.4, 0.5) is 22.0 Å². The lowest BCUT2D eigenvalue weighted by atomic mass is 9.82. The fourth-order valence-corrected chi connectivity index (χ4v) is 8.82. The summed E-state index contributed by atoms with van der Waals surface area (Å²) in [5.74, 6) is -16.0. The largest absolute Gasteiger partial charge is 0.490 e. The molecule has 0 fully saturated rings. The maximum absolute atomic E-state index is 15.4. The summed E-state index contributed by atoms with van der Waals surface area (Å²) in [6.07, 6.45) is -5.59. The number of aromatic nitrogens is 1. The SMILES string of the molecule is CC(=O)N[C@@H](CCCCN)C(=O)N[C@@H](C)C(=O)C[C@@H](C)C(=O)N[C@@H](CC(N)=O)C(=O)N[C@@H](CCN(C(=O)CO)[C@@H](c1cc(-c2cc(F)ccc2F)cn1Cc1ccccc1)C(C)(C)C)C(=O)NCCC(=O)N[C@@H](CCC(=O)O)C(=O)O.O=C(O)C(F)(F)F. The minimum absolute atomic E-state index is 0.0949. The van der Waals surface area contributed by atoms with E-state index in [1.165, 1.54) is 25.7 Å². The van der Waals surface area contributed by atoms with E-state index in [9.17, 15) is 80.5 Å². The van der Waals surface area contributed by atoms with Gasteiger partial charge in [-0.25, -0.2) is 18.4 Å². The molecule has 0 saturated heterocycles. The minimum Gasteiger partial charge on any atom is -0.481 e.